The Bertz CT molecular complexity index is 496. The second-order valence-electron chi connectivity index (χ2n) is 3.52. The Morgan fingerprint density at radius 2 is 2.25 bits per heavy atom. The summed E-state index contributed by atoms with van der Waals surface area (Å²) < 4.78 is 14.0. The smallest absolute Gasteiger partial charge is 0.124 e. The molecule has 1 heterocycles. The number of aryl methyl sites for hydroxylation is 1. The van der Waals surface area contributed by atoms with Gasteiger partial charge >= 0.3 is 0 Å². The van der Waals surface area contributed by atoms with E-state index in [4.69, 9.17) is 0 Å². The van der Waals surface area contributed by atoms with E-state index in [1.807, 2.05) is 5.38 Å². The predicted molar refractivity (Wildman–Crippen MR) is 69.2 cm³/mol. The van der Waals surface area contributed by atoms with Crippen molar-refractivity contribution >= 4 is 27.3 Å². The van der Waals surface area contributed by atoms with Gasteiger partial charge in [0.2, 0.25) is 0 Å². The van der Waals surface area contributed by atoms with Crippen LogP contribution in [0.3, 0.4) is 0 Å². The third-order valence-electron chi connectivity index (χ3n) is 2.22. The van der Waals surface area contributed by atoms with Gasteiger partial charge in [-0.1, -0.05) is 29.3 Å². The molecule has 0 aliphatic carbocycles. The van der Waals surface area contributed by atoms with Gasteiger partial charge in [-0.25, -0.2) is 9.37 Å². The fourth-order valence-corrected chi connectivity index (χ4v) is 2.91. The maximum Gasteiger partial charge on any atom is 0.124 e. The van der Waals surface area contributed by atoms with E-state index >= 15 is 0 Å². The Hall–Kier alpha value is -0.740. The van der Waals surface area contributed by atoms with E-state index in [1.165, 1.54) is 12.1 Å². The van der Waals surface area contributed by atoms with E-state index in [-0.39, 0.29) is 5.82 Å². The first-order valence-electron chi connectivity index (χ1n) is 5.10. The molecule has 1 nitrogen and oxygen atoms in total. The summed E-state index contributed by atoms with van der Waals surface area (Å²) in [5, 5.41) is 2.91. The molecule has 0 radical (unpaired) electrons. The summed E-state index contributed by atoms with van der Waals surface area (Å²) in [6.45, 7) is 2.12. The van der Waals surface area contributed by atoms with Crippen LogP contribution in [0.4, 0.5) is 4.39 Å². The van der Waals surface area contributed by atoms with Crippen molar-refractivity contribution in [2.24, 2.45) is 0 Å². The molecule has 1 aromatic heterocycles. The molecule has 16 heavy (non-hydrogen) atoms. The van der Waals surface area contributed by atoms with Crippen molar-refractivity contribution in [3.63, 3.8) is 0 Å². The maximum atomic E-state index is 13.1. The second-order valence-corrected chi connectivity index (χ2v) is 5.23. The molecule has 0 unspecified atom stereocenters. The van der Waals surface area contributed by atoms with Gasteiger partial charge in [-0.3, -0.25) is 0 Å². The Balaban J connectivity index is 2.38. The van der Waals surface area contributed by atoms with Crippen molar-refractivity contribution < 1.29 is 4.39 Å². The molecule has 0 bridgehead atoms. The zero-order valence-electron chi connectivity index (χ0n) is 8.84. The molecule has 0 spiro atoms. The van der Waals surface area contributed by atoms with Crippen LogP contribution in [0.25, 0.3) is 10.6 Å². The SMILES string of the molecule is CCCc1csc(-c2cc(F)ccc2Br)n1. The zero-order valence-corrected chi connectivity index (χ0v) is 11.2. The number of nitrogens with zero attached hydrogens (tertiary/aromatic N) is 1. The van der Waals surface area contributed by atoms with E-state index < -0.39 is 0 Å². The summed E-state index contributed by atoms with van der Waals surface area (Å²) in [6, 6.07) is 4.67. The highest BCUT2D eigenvalue weighted by molar-refractivity contribution is 9.10. The molecular formula is C12H11BrFNS. The molecular weight excluding hydrogens is 289 g/mol. The van der Waals surface area contributed by atoms with E-state index in [0.717, 1.165) is 33.6 Å². The normalized spacial score (nSPS) is 10.7. The van der Waals surface area contributed by atoms with E-state index in [0.29, 0.717) is 0 Å². The first kappa shape index (κ1) is 11.7. The molecule has 0 amide bonds. The molecule has 1 aromatic carbocycles. The Kier molecular flexibility index (Phi) is 3.71. The summed E-state index contributed by atoms with van der Waals surface area (Å²) in [6.07, 6.45) is 2.05. The minimum absolute atomic E-state index is 0.231. The van der Waals surface area contributed by atoms with Gasteiger partial charge in [-0.05, 0) is 24.6 Å². The van der Waals surface area contributed by atoms with Crippen molar-refractivity contribution in [1.82, 2.24) is 4.98 Å². The lowest BCUT2D eigenvalue weighted by Crippen LogP contribution is -1.85. The molecule has 0 saturated heterocycles. The van der Waals surface area contributed by atoms with Crippen molar-refractivity contribution in [3.8, 4) is 10.6 Å². The molecule has 4 heteroatoms. The summed E-state index contributed by atoms with van der Waals surface area (Å²) in [5.74, 6) is -0.231. The van der Waals surface area contributed by atoms with Crippen molar-refractivity contribution in [2.75, 3.05) is 0 Å². The highest BCUT2D eigenvalue weighted by atomic mass is 79.9. The summed E-state index contributed by atoms with van der Waals surface area (Å²) in [7, 11) is 0. The fourth-order valence-electron chi connectivity index (χ4n) is 1.46. The summed E-state index contributed by atoms with van der Waals surface area (Å²) >= 11 is 4.97. The largest absolute Gasteiger partial charge is 0.241 e. The van der Waals surface area contributed by atoms with Crippen molar-refractivity contribution in [3.05, 3.63) is 39.6 Å². The van der Waals surface area contributed by atoms with Gasteiger partial charge in [0.05, 0.1) is 5.69 Å². The van der Waals surface area contributed by atoms with Crippen LogP contribution in [-0.4, -0.2) is 4.98 Å². The van der Waals surface area contributed by atoms with Crippen LogP contribution >= 0.6 is 27.3 Å². The lowest BCUT2D eigenvalue weighted by molar-refractivity contribution is 0.628. The van der Waals surface area contributed by atoms with Crippen LogP contribution in [0.5, 0.6) is 0 Å². The Morgan fingerprint density at radius 3 is 3.00 bits per heavy atom. The van der Waals surface area contributed by atoms with Crippen LogP contribution in [0.1, 0.15) is 19.0 Å². The summed E-state index contributed by atoms with van der Waals surface area (Å²) in [5.41, 5.74) is 1.91. The van der Waals surface area contributed by atoms with E-state index in [9.17, 15) is 4.39 Å². The monoisotopic (exact) mass is 299 g/mol. The molecule has 0 saturated carbocycles. The number of halogens is 2. The zero-order chi connectivity index (χ0) is 11.5. The van der Waals surface area contributed by atoms with Gasteiger partial charge in [0.15, 0.2) is 0 Å². The topological polar surface area (TPSA) is 12.9 Å². The molecule has 0 fully saturated rings. The minimum Gasteiger partial charge on any atom is -0.241 e. The van der Waals surface area contributed by atoms with Crippen LogP contribution < -0.4 is 0 Å². The van der Waals surface area contributed by atoms with Crippen molar-refractivity contribution in [2.45, 2.75) is 19.8 Å². The summed E-state index contributed by atoms with van der Waals surface area (Å²) in [4.78, 5) is 4.49. The van der Waals surface area contributed by atoms with E-state index in [1.54, 1.807) is 17.4 Å². The average Bonchev–Trinajstić information content (AvgIpc) is 2.71. The van der Waals surface area contributed by atoms with Crippen LogP contribution in [0.2, 0.25) is 0 Å². The number of rotatable bonds is 3. The number of aromatic nitrogens is 1. The molecule has 2 aromatic rings. The highest BCUT2D eigenvalue weighted by Crippen LogP contribution is 2.31. The molecule has 84 valence electrons. The van der Waals surface area contributed by atoms with Gasteiger partial charge in [0.1, 0.15) is 10.8 Å². The third kappa shape index (κ3) is 2.50. The predicted octanol–water partition coefficient (Wildman–Crippen LogP) is 4.66. The van der Waals surface area contributed by atoms with Crippen molar-refractivity contribution in [1.29, 1.82) is 0 Å². The number of thiazole rings is 1. The molecule has 0 atom stereocenters. The number of hydrogen-bond donors (Lipinski definition) is 0. The molecule has 2 rings (SSSR count). The average molecular weight is 300 g/mol. The van der Waals surface area contributed by atoms with Gasteiger partial charge in [-0.2, -0.15) is 0 Å². The van der Waals surface area contributed by atoms with Crippen LogP contribution in [-0.2, 0) is 6.42 Å². The molecule has 0 N–H and O–H groups in total. The quantitative estimate of drug-likeness (QED) is 0.803. The van der Waals surface area contributed by atoms with Gasteiger partial charge in [0, 0.05) is 15.4 Å². The Labute approximate surface area is 106 Å². The van der Waals surface area contributed by atoms with Gasteiger partial charge < -0.3 is 0 Å². The fraction of sp³-hybridized carbons (Fsp3) is 0.250. The van der Waals surface area contributed by atoms with Crippen LogP contribution in [0.15, 0.2) is 28.1 Å². The lowest BCUT2D eigenvalue weighted by atomic mass is 10.2. The Morgan fingerprint density at radius 1 is 1.44 bits per heavy atom. The maximum absolute atomic E-state index is 13.1. The third-order valence-corrected chi connectivity index (χ3v) is 3.83. The second kappa shape index (κ2) is 5.06. The standard InChI is InChI=1S/C12H11BrFNS/c1-2-3-9-7-16-12(15-9)10-6-8(14)4-5-11(10)13/h4-7H,2-3H2,1H3. The van der Waals surface area contributed by atoms with Gasteiger partial charge in [0.25, 0.3) is 0 Å². The number of benzene rings is 1. The number of hydrogen-bond acceptors (Lipinski definition) is 2. The van der Waals surface area contributed by atoms with Crippen LogP contribution in [0, 0.1) is 5.82 Å². The molecule has 0 aliphatic heterocycles. The van der Waals surface area contributed by atoms with E-state index in [2.05, 4.69) is 27.8 Å². The van der Waals surface area contributed by atoms with Gasteiger partial charge in [-0.15, -0.1) is 11.3 Å². The molecule has 0 aliphatic rings. The first-order valence-corrected chi connectivity index (χ1v) is 6.78. The first-order chi connectivity index (χ1) is 7.70. The highest BCUT2D eigenvalue weighted by Gasteiger charge is 2.09. The lowest BCUT2D eigenvalue weighted by Gasteiger charge is -2.00. The minimum atomic E-state index is -0.231.